The molecule has 2 aromatic carbocycles. The average molecular weight is 492 g/mol. The SMILES string of the molecule is O=C(NCC(c1ccccc1)N1CCCC1)c1cc(S(=O)(=O)NC2CC2)ccc1Br. The van der Waals surface area contributed by atoms with E-state index in [2.05, 4.69) is 43.0 Å². The van der Waals surface area contributed by atoms with Crippen LogP contribution in [0.1, 0.15) is 47.6 Å². The van der Waals surface area contributed by atoms with Crippen molar-refractivity contribution in [1.82, 2.24) is 14.9 Å². The van der Waals surface area contributed by atoms with Gasteiger partial charge in [0.2, 0.25) is 10.0 Å². The van der Waals surface area contributed by atoms with Gasteiger partial charge in [-0.3, -0.25) is 9.69 Å². The third kappa shape index (κ3) is 5.11. The third-order valence-electron chi connectivity index (χ3n) is 5.61. The minimum Gasteiger partial charge on any atom is -0.350 e. The summed E-state index contributed by atoms with van der Waals surface area (Å²) in [6.45, 7) is 2.49. The van der Waals surface area contributed by atoms with Crippen LogP contribution < -0.4 is 10.0 Å². The molecule has 160 valence electrons. The Hall–Kier alpha value is -1.74. The van der Waals surface area contributed by atoms with Crippen LogP contribution in [0.15, 0.2) is 57.9 Å². The van der Waals surface area contributed by atoms with Crippen molar-refractivity contribution in [2.75, 3.05) is 19.6 Å². The van der Waals surface area contributed by atoms with Crippen molar-refractivity contribution in [3.05, 3.63) is 64.1 Å². The van der Waals surface area contributed by atoms with E-state index in [1.54, 1.807) is 6.07 Å². The lowest BCUT2D eigenvalue weighted by atomic mass is 10.1. The normalized spacial score (nSPS) is 18.3. The summed E-state index contributed by atoms with van der Waals surface area (Å²) >= 11 is 3.39. The Labute approximate surface area is 186 Å². The lowest BCUT2D eigenvalue weighted by molar-refractivity contribution is 0.0937. The second-order valence-electron chi connectivity index (χ2n) is 7.92. The summed E-state index contributed by atoms with van der Waals surface area (Å²) in [5.74, 6) is -0.287. The molecule has 1 aliphatic carbocycles. The molecule has 0 bridgehead atoms. The van der Waals surface area contributed by atoms with Crippen LogP contribution in [0.25, 0.3) is 0 Å². The molecule has 1 saturated carbocycles. The molecule has 2 aliphatic rings. The van der Waals surface area contributed by atoms with Gasteiger partial charge < -0.3 is 5.32 Å². The first kappa shape index (κ1) is 21.5. The second-order valence-corrected chi connectivity index (χ2v) is 10.5. The number of halogens is 1. The highest BCUT2D eigenvalue weighted by Crippen LogP contribution is 2.27. The van der Waals surface area contributed by atoms with Crippen LogP contribution in [0.5, 0.6) is 0 Å². The molecule has 0 radical (unpaired) electrons. The number of nitrogens with one attached hydrogen (secondary N) is 2. The highest BCUT2D eigenvalue weighted by atomic mass is 79.9. The first-order valence-electron chi connectivity index (χ1n) is 10.3. The van der Waals surface area contributed by atoms with E-state index < -0.39 is 10.0 Å². The molecule has 1 heterocycles. The van der Waals surface area contributed by atoms with Crippen LogP contribution in [-0.2, 0) is 10.0 Å². The van der Waals surface area contributed by atoms with Gasteiger partial charge in [0.25, 0.3) is 5.91 Å². The maximum atomic E-state index is 13.0. The molecule has 0 spiro atoms. The summed E-state index contributed by atoms with van der Waals surface area (Å²) < 4.78 is 28.3. The fourth-order valence-electron chi connectivity index (χ4n) is 3.81. The highest BCUT2D eigenvalue weighted by Gasteiger charge is 2.29. The maximum absolute atomic E-state index is 13.0. The number of carbonyl (C=O) groups is 1. The maximum Gasteiger partial charge on any atom is 0.252 e. The molecule has 4 rings (SSSR count). The fraction of sp³-hybridized carbons (Fsp3) is 0.409. The molecule has 6 nitrogen and oxygen atoms in total. The Morgan fingerprint density at radius 1 is 1.10 bits per heavy atom. The van der Waals surface area contributed by atoms with Crippen LogP contribution in [0.3, 0.4) is 0 Å². The van der Waals surface area contributed by atoms with Gasteiger partial charge in [0.05, 0.1) is 16.5 Å². The molecule has 1 unspecified atom stereocenters. The summed E-state index contributed by atoms with van der Waals surface area (Å²) in [5.41, 5.74) is 1.49. The lowest BCUT2D eigenvalue weighted by Crippen LogP contribution is -2.37. The van der Waals surface area contributed by atoms with E-state index >= 15 is 0 Å². The van der Waals surface area contributed by atoms with Crippen LogP contribution in [0.4, 0.5) is 0 Å². The summed E-state index contributed by atoms with van der Waals surface area (Å²) in [6, 6.07) is 14.9. The topological polar surface area (TPSA) is 78.5 Å². The zero-order valence-electron chi connectivity index (χ0n) is 16.7. The Morgan fingerprint density at radius 2 is 1.80 bits per heavy atom. The molecule has 0 aromatic heterocycles. The van der Waals surface area contributed by atoms with Gasteiger partial charge in [0.1, 0.15) is 0 Å². The second kappa shape index (κ2) is 9.18. The minimum atomic E-state index is -3.62. The summed E-state index contributed by atoms with van der Waals surface area (Å²) in [7, 11) is -3.62. The highest BCUT2D eigenvalue weighted by molar-refractivity contribution is 9.10. The van der Waals surface area contributed by atoms with Gasteiger partial charge in [-0.25, -0.2) is 13.1 Å². The Kier molecular flexibility index (Phi) is 6.57. The van der Waals surface area contributed by atoms with Crippen molar-refractivity contribution < 1.29 is 13.2 Å². The van der Waals surface area contributed by atoms with Gasteiger partial charge in [0, 0.05) is 17.1 Å². The van der Waals surface area contributed by atoms with E-state index in [4.69, 9.17) is 0 Å². The quantitative estimate of drug-likeness (QED) is 0.592. The van der Waals surface area contributed by atoms with Gasteiger partial charge in [-0.15, -0.1) is 0 Å². The van der Waals surface area contributed by atoms with Crippen molar-refractivity contribution in [3.63, 3.8) is 0 Å². The van der Waals surface area contributed by atoms with Crippen molar-refractivity contribution >= 4 is 31.9 Å². The molecule has 1 aliphatic heterocycles. The van der Waals surface area contributed by atoms with Gasteiger partial charge >= 0.3 is 0 Å². The van der Waals surface area contributed by atoms with E-state index in [1.165, 1.54) is 17.7 Å². The van der Waals surface area contributed by atoms with Crippen LogP contribution in [-0.4, -0.2) is 44.9 Å². The standard InChI is InChI=1S/C22H26BrN3O3S/c23-20-11-10-18(30(28,29)25-17-8-9-17)14-19(20)22(27)24-15-21(26-12-4-5-13-26)16-6-2-1-3-7-16/h1-3,6-7,10-11,14,17,21,25H,4-5,8-9,12-13,15H2,(H,24,27). The Morgan fingerprint density at radius 3 is 2.47 bits per heavy atom. The molecule has 1 saturated heterocycles. The van der Waals surface area contributed by atoms with Gasteiger partial charge in [-0.1, -0.05) is 30.3 Å². The number of hydrogen-bond donors (Lipinski definition) is 2. The number of nitrogens with zero attached hydrogens (tertiary/aromatic N) is 1. The summed E-state index contributed by atoms with van der Waals surface area (Å²) in [4.78, 5) is 15.5. The molecule has 8 heteroatoms. The van der Waals surface area contributed by atoms with Gasteiger partial charge in [0.15, 0.2) is 0 Å². The monoisotopic (exact) mass is 491 g/mol. The van der Waals surface area contributed by atoms with Crippen LogP contribution >= 0.6 is 15.9 Å². The zero-order valence-corrected chi connectivity index (χ0v) is 19.1. The van der Waals surface area contributed by atoms with E-state index in [0.717, 1.165) is 38.8 Å². The Bertz CT molecular complexity index is 1000. The van der Waals surface area contributed by atoms with Crippen LogP contribution in [0, 0.1) is 0 Å². The molecular weight excluding hydrogens is 466 g/mol. The predicted molar refractivity (Wildman–Crippen MR) is 120 cm³/mol. The lowest BCUT2D eigenvalue weighted by Gasteiger charge is -2.28. The van der Waals surface area contributed by atoms with Gasteiger partial charge in [-0.2, -0.15) is 0 Å². The number of hydrogen-bond acceptors (Lipinski definition) is 4. The van der Waals surface area contributed by atoms with Crippen molar-refractivity contribution in [1.29, 1.82) is 0 Å². The first-order chi connectivity index (χ1) is 14.4. The van der Waals surface area contributed by atoms with E-state index in [-0.39, 0.29) is 22.9 Å². The van der Waals surface area contributed by atoms with Gasteiger partial charge in [-0.05, 0) is 78.5 Å². The molecule has 2 N–H and O–H groups in total. The number of rotatable bonds is 8. The fourth-order valence-corrected chi connectivity index (χ4v) is 5.56. The molecule has 2 aromatic rings. The van der Waals surface area contributed by atoms with Crippen molar-refractivity contribution in [2.24, 2.45) is 0 Å². The average Bonchev–Trinajstić information content (AvgIpc) is 3.37. The van der Waals surface area contributed by atoms with E-state index in [1.807, 2.05) is 18.2 Å². The molecule has 30 heavy (non-hydrogen) atoms. The third-order valence-corrected chi connectivity index (χ3v) is 7.82. The van der Waals surface area contributed by atoms with Crippen molar-refractivity contribution in [3.8, 4) is 0 Å². The van der Waals surface area contributed by atoms with E-state index in [0.29, 0.717) is 16.6 Å². The summed E-state index contributed by atoms with van der Waals surface area (Å²) in [6.07, 6.45) is 4.05. The molecule has 1 amide bonds. The number of benzene rings is 2. The molecular formula is C22H26BrN3O3S. The molecule has 1 atom stereocenters. The van der Waals surface area contributed by atoms with Crippen molar-refractivity contribution in [2.45, 2.75) is 42.7 Å². The number of amides is 1. The van der Waals surface area contributed by atoms with Crippen LogP contribution in [0.2, 0.25) is 0 Å². The zero-order chi connectivity index (χ0) is 21.1. The predicted octanol–water partition coefficient (Wildman–Crippen LogP) is 3.46. The molecule has 2 fully saturated rings. The largest absolute Gasteiger partial charge is 0.350 e. The number of carbonyl (C=O) groups excluding carboxylic acids is 1. The minimum absolute atomic E-state index is 0.0167. The Balaban J connectivity index is 1.50. The number of sulfonamides is 1. The number of likely N-dealkylation sites (tertiary alicyclic amines) is 1. The first-order valence-corrected chi connectivity index (χ1v) is 12.6. The van der Waals surface area contributed by atoms with E-state index in [9.17, 15) is 13.2 Å². The smallest absolute Gasteiger partial charge is 0.252 e. The summed E-state index contributed by atoms with van der Waals surface area (Å²) in [5, 5.41) is 3.02.